The summed E-state index contributed by atoms with van der Waals surface area (Å²) >= 11 is 0. The molecule has 0 saturated carbocycles. The summed E-state index contributed by atoms with van der Waals surface area (Å²) in [6.07, 6.45) is -0.220. The molecule has 1 N–H and O–H groups in total. The first kappa shape index (κ1) is 14.8. The summed E-state index contributed by atoms with van der Waals surface area (Å²) < 4.78 is 12.5. The van der Waals surface area contributed by atoms with Crippen LogP contribution in [0.4, 0.5) is 0 Å². The topological polar surface area (TPSA) is 99.4 Å². The van der Waals surface area contributed by atoms with E-state index in [1.165, 1.54) is 4.68 Å². The summed E-state index contributed by atoms with van der Waals surface area (Å²) in [6, 6.07) is 7.35. The van der Waals surface area contributed by atoms with Crippen LogP contribution in [0.25, 0.3) is 0 Å². The summed E-state index contributed by atoms with van der Waals surface area (Å²) in [7, 11) is 0. The maximum absolute atomic E-state index is 10.7. The second-order valence-corrected chi connectivity index (χ2v) is 4.12. The molecule has 0 aliphatic heterocycles. The van der Waals surface area contributed by atoms with Gasteiger partial charge in [0.1, 0.15) is 13.0 Å². The van der Waals surface area contributed by atoms with E-state index >= 15 is 0 Å². The Labute approximate surface area is 121 Å². The van der Waals surface area contributed by atoms with E-state index in [0.717, 1.165) is 0 Å². The molecule has 0 aliphatic carbocycles. The molecule has 112 valence electrons. The highest BCUT2D eigenvalue weighted by Gasteiger charge is 2.10. The minimum absolute atomic E-state index is 0.220. The van der Waals surface area contributed by atoms with Crippen LogP contribution in [-0.4, -0.2) is 44.5 Å². The second-order valence-electron chi connectivity index (χ2n) is 4.12. The first-order chi connectivity index (χ1) is 10.2. The van der Waals surface area contributed by atoms with Crippen molar-refractivity contribution >= 4 is 5.97 Å². The molecule has 1 aromatic carbocycles. The van der Waals surface area contributed by atoms with Crippen molar-refractivity contribution in [3.63, 3.8) is 0 Å². The van der Waals surface area contributed by atoms with Crippen molar-refractivity contribution < 1.29 is 19.4 Å². The minimum atomic E-state index is -0.978. The number of para-hydroxylation sites is 2. The molecule has 1 aromatic heterocycles. The van der Waals surface area contributed by atoms with Gasteiger partial charge in [-0.15, -0.1) is 5.10 Å². The molecule has 8 nitrogen and oxygen atoms in total. The van der Waals surface area contributed by atoms with Crippen molar-refractivity contribution in [3.8, 4) is 11.5 Å². The van der Waals surface area contributed by atoms with Gasteiger partial charge in [-0.2, -0.15) is 0 Å². The summed E-state index contributed by atoms with van der Waals surface area (Å²) in [5.41, 5.74) is 0. The van der Waals surface area contributed by atoms with Gasteiger partial charge in [0, 0.05) is 0 Å². The summed E-state index contributed by atoms with van der Waals surface area (Å²) in [5.74, 6) is 0.618. The fourth-order valence-electron chi connectivity index (χ4n) is 1.75. The largest absolute Gasteiger partial charge is 0.490 e. The van der Waals surface area contributed by atoms with Crippen LogP contribution in [0.1, 0.15) is 12.7 Å². The number of ether oxygens (including phenoxy) is 2. The smallest absolute Gasteiger partial charge is 0.311 e. The quantitative estimate of drug-likeness (QED) is 0.767. The lowest BCUT2D eigenvalue weighted by atomic mass is 10.3. The normalized spacial score (nSPS) is 10.3. The Balaban J connectivity index is 1.93. The predicted molar refractivity (Wildman–Crippen MR) is 72.3 cm³/mol. The van der Waals surface area contributed by atoms with Crippen molar-refractivity contribution in [3.05, 3.63) is 30.1 Å². The van der Waals surface area contributed by atoms with Gasteiger partial charge in [-0.1, -0.05) is 12.1 Å². The van der Waals surface area contributed by atoms with E-state index < -0.39 is 5.97 Å². The molecule has 8 heteroatoms. The molecule has 21 heavy (non-hydrogen) atoms. The van der Waals surface area contributed by atoms with Gasteiger partial charge < -0.3 is 14.6 Å². The van der Waals surface area contributed by atoms with Crippen molar-refractivity contribution in [2.24, 2.45) is 0 Å². The minimum Gasteiger partial charge on any atom is -0.490 e. The van der Waals surface area contributed by atoms with Crippen molar-refractivity contribution in [1.29, 1.82) is 0 Å². The molecule has 0 saturated heterocycles. The van der Waals surface area contributed by atoms with E-state index in [9.17, 15) is 4.79 Å². The molecule has 1 heterocycles. The standard InChI is InChI=1S/C13H16N4O4/c1-2-20-10-5-3-4-6-11(10)21-8-7-17-12(9-13(18)19)14-15-16-17/h3-6H,2,7-9H2,1H3,(H,18,19). The van der Waals surface area contributed by atoms with Crippen LogP contribution >= 0.6 is 0 Å². The van der Waals surface area contributed by atoms with Gasteiger partial charge in [0.15, 0.2) is 17.3 Å². The third kappa shape index (κ3) is 4.16. The number of aromatic nitrogens is 4. The molecule has 0 radical (unpaired) electrons. The van der Waals surface area contributed by atoms with Gasteiger partial charge in [0.25, 0.3) is 0 Å². The Morgan fingerprint density at radius 2 is 2.00 bits per heavy atom. The van der Waals surface area contributed by atoms with Crippen LogP contribution in [0.3, 0.4) is 0 Å². The van der Waals surface area contributed by atoms with Crippen LogP contribution in [0.15, 0.2) is 24.3 Å². The average molecular weight is 292 g/mol. The molecule has 0 spiro atoms. The zero-order valence-corrected chi connectivity index (χ0v) is 11.6. The van der Waals surface area contributed by atoms with Crippen LogP contribution in [0, 0.1) is 0 Å². The van der Waals surface area contributed by atoms with Gasteiger partial charge >= 0.3 is 5.97 Å². The summed E-state index contributed by atoms with van der Waals surface area (Å²) in [4.78, 5) is 10.7. The number of tetrazole rings is 1. The van der Waals surface area contributed by atoms with E-state index in [4.69, 9.17) is 14.6 Å². The number of hydrogen-bond acceptors (Lipinski definition) is 6. The maximum Gasteiger partial charge on any atom is 0.311 e. The number of nitrogens with zero attached hydrogens (tertiary/aromatic N) is 4. The average Bonchev–Trinajstić information content (AvgIpc) is 2.88. The van der Waals surface area contributed by atoms with Gasteiger partial charge in [-0.3, -0.25) is 4.79 Å². The van der Waals surface area contributed by atoms with E-state index in [-0.39, 0.29) is 6.42 Å². The first-order valence-electron chi connectivity index (χ1n) is 6.52. The highest BCUT2D eigenvalue weighted by Crippen LogP contribution is 2.26. The van der Waals surface area contributed by atoms with Gasteiger partial charge in [-0.25, -0.2) is 4.68 Å². The van der Waals surface area contributed by atoms with Crippen LogP contribution in [0.5, 0.6) is 11.5 Å². The summed E-state index contributed by atoms with van der Waals surface area (Å²) in [5, 5.41) is 19.6. The van der Waals surface area contributed by atoms with E-state index in [1.54, 1.807) is 0 Å². The molecule has 2 rings (SSSR count). The number of hydrogen-bond donors (Lipinski definition) is 1. The van der Waals surface area contributed by atoms with Crippen LogP contribution in [0.2, 0.25) is 0 Å². The monoisotopic (exact) mass is 292 g/mol. The third-order valence-electron chi connectivity index (χ3n) is 2.63. The second kappa shape index (κ2) is 7.22. The Hall–Kier alpha value is -2.64. The SMILES string of the molecule is CCOc1ccccc1OCCn1nnnc1CC(=O)O. The van der Waals surface area contributed by atoms with E-state index in [1.807, 2.05) is 31.2 Å². The van der Waals surface area contributed by atoms with E-state index in [0.29, 0.717) is 37.1 Å². The Morgan fingerprint density at radius 1 is 1.29 bits per heavy atom. The fourth-order valence-corrected chi connectivity index (χ4v) is 1.75. The summed E-state index contributed by atoms with van der Waals surface area (Å²) in [6.45, 7) is 3.12. The first-order valence-corrected chi connectivity index (χ1v) is 6.52. The molecular weight excluding hydrogens is 276 g/mol. The highest BCUT2D eigenvalue weighted by molar-refractivity contribution is 5.68. The lowest BCUT2D eigenvalue weighted by Gasteiger charge is -2.11. The van der Waals surface area contributed by atoms with Crippen molar-refractivity contribution in [2.45, 2.75) is 19.9 Å². The number of aliphatic carboxylic acids is 1. The van der Waals surface area contributed by atoms with Gasteiger partial charge in [-0.05, 0) is 29.5 Å². The maximum atomic E-state index is 10.7. The third-order valence-corrected chi connectivity index (χ3v) is 2.63. The van der Waals surface area contributed by atoms with Crippen LogP contribution < -0.4 is 9.47 Å². The zero-order valence-electron chi connectivity index (χ0n) is 11.6. The molecule has 0 aliphatic rings. The van der Waals surface area contributed by atoms with Crippen LogP contribution in [-0.2, 0) is 17.8 Å². The number of carboxylic acid groups (broad SMARTS) is 1. The fraction of sp³-hybridized carbons (Fsp3) is 0.385. The zero-order chi connectivity index (χ0) is 15.1. The number of benzene rings is 1. The molecule has 0 amide bonds. The lowest BCUT2D eigenvalue weighted by Crippen LogP contribution is -2.15. The van der Waals surface area contributed by atoms with Gasteiger partial charge in [0.05, 0.1) is 13.2 Å². The Morgan fingerprint density at radius 3 is 2.67 bits per heavy atom. The number of carboxylic acids is 1. The molecule has 0 unspecified atom stereocenters. The molecular formula is C13H16N4O4. The van der Waals surface area contributed by atoms with Crippen molar-refractivity contribution in [2.75, 3.05) is 13.2 Å². The molecule has 0 atom stereocenters. The Bertz CT molecular complexity index is 599. The van der Waals surface area contributed by atoms with E-state index in [2.05, 4.69) is 15.5 Å². The lowest BCUT2D eigenvalue weighted by molar-refractivity contribution is -0.136. The van der Waals surface area contributed by atoms with Crippen molar-refractivity contribution in [1.82, 2.24) is 20.2 Å². The molecule has 0 bridgehead atoms. The number of rotatable bonds is 8. The predicted octanol–water partition coefficient (Wildman–Crippen LogP) is 0.778. The molecule has 0 fully saturated rings. The Kier molecular flexibility index (Phi) is 5.08. The van der Waals surface area contributed by atoms with Gasteiger partial charge in [0.2, 0.25) is 0 Å². The number of carbonyl (C=O) groups is 1. The highest BCUT2D eigenvalue weighted by atomic mass is 16.5. The molecule has 2 aromatic rings.